The Balaban J connectivity index is 2.02. The first-order valence-electron chi connectivity index (χ1n) is 6.15. The second-order valence-electron chi connectivity index (χ2n) is 4.54. The van der Waals surface area contributed by atoms with E-state index in [9.17, 15) is 0 Å². The third-order valence-electron chi connectivity index (χ3n) is 2.62. The summed E-state index contributed by atoms with van der Waals surface area (Å²) in [6, 6.07) is 7.81. The molecule has 2 rings (SSSR count). The Labute approximate surface area is 107 Å². The van der Waals surface area contributed by atoms with Gasteiger partial charge in [-0.2, -0.15) is 5.10 Å². The lowest BCUT2D eigenvalue weighted by Crippen LogP contribution is -2.10. The molecular formula is C14H19N3O. The highest BCUT2D eigenvalue weighted by atomic mass is 16.5. The summed E-state index contributed by atoms with van der Waals surface area (Å²) in [6.45, 7) is 5.50. The smallest absolute Gasteiger partial charge is 0.0666 e. The fourth-order valence-electron chi connectivity index (χ4n) is 1.74. The number of ether oxygens (including phenoxy) is 1. The van der Waals surface area contributed by atoms with E-state index >= 15 is 0 Å². The van der Waals surface area contributed by atoms with Crippen molar-refractivity contribution in [3.05, 3.63) is 36.7 Å². The molecule has 0 amide bonds. The number of nitrogens with zero attached hydrogens (tertiary/aromatic N) is 2. The van der Waals surface area contributed by atoms with E-state index in [0.29, 0.717) is 6.61 Å². The quantitative estimate of drug-likeness (QED) is 0.824. The van der Waals surface area contributed by atoms with Gasteiger partial charge in [0, 0.05) is 17.4 Å². The molecule has 18 heavy (non-hydrogen) atoms. The van der Waals surface area contributed by atoms with Crippen LogP contribution in [0.15, 0.2) is 36.7 Å². The summed E-state index contributed by atoms with van der Waals surface area (Å²) >= 11 is 0. The predicted molar refractivity (Wildman–Crippen MR) is 73.2 cm³/mol. The number of benzene rings is 1. The van der Waals surface area contributed by atoms with Crippen LogP contribution in [-0.4, -0.2) is 22.5 Å². The molecule has 0 unspecified atom stereocenters. The monoisotopic (exact) mass is 245 g/mol. The van der Waals surface area contributed by atoms with Crippen LogP contribution in [0.25, 0.3) is 11.1 Å². The topological polar surface area (TPSA) is 53.1 Å². The summed E-state index contributed by atoms with van der Waals surface area (Å²) in [7, 11) is 0. The molecule has 0 saturated heterocycles. The standard InChI is InChI=1S/C14H19N3O/c1-11(2)18-7-6-17-10-13(9-16-17)12-4-3-5-14(15)8-12/h3-5,8-11H,6-7,15H2,1-2H3. The minimum Gasteiger partial charge on any atom is -0.399 e. The van der Waals surface area contributed by atoms with Crippen molar-refractivity contribution in [3.63, 3.8) is 0 Å². The van der Waals surface area contributed by atoms with Crippen molar-refractivity contribution in [3.8, 4) is 11.1 Å². The zero-order valence-electron chi connectivity index (χ0n) is 10.8. The minimum absolute atomic E-state index is 0.258. The number of rotatable bonds is 5. The minimum atomic E-state index is 0.258. The van der Waals surface area contributed by atoms with Gasteiger partial charge in [0.25, 0.3) is 0 Å². The number of nitrogens with two attached hydrogens (primary N) is 1. The van der Waals surface area contributed by atoms with Crippen LogP contribution in [0, 0.1) is 0 Å². The Kier molecular flexibility index (Phi) is 3.99. The van der Waals surface area contributed by atoms with Gasteiger partial charge in [-0.25, -0.2) is 0 Å². The third kappa shape index (κ3) is 3.34. The molecule has 0 fully saturated rings. The first-order valence-corrected chi connectivity index (χ1v) is 6.15. The summed E-state index contributed by atoms with van der Waals surface area (Å²) in [5.74, 6) is 0. The highest BCUT2D eigenvalue weighted by Crippen LogP contribution is 2.20. The van der Waals surface area contributed by atoms with Crippen LogP contribution in [0.2, 0.25) is 0 Å². The normalized spacial score (nSPS) is 11.1. The van der Waals surface area contributed by atoms with E-state index in [2.05, 4.69) is 5.10 Å². The van der Waals surface area contributed by atoms with Gasteiger partial charge in [0.1, 0.15) is 0 Å². The molecular weight excluding hydrogens is 226 g/mol. The molecule has 0 radical (unpaired) electrons. The van der Waals surface area contributed by atoms with Gasteiger partial charge in [-0.05, 0) is 31.5 Å². The molecule has 1 aromatic heterocycles. The summed E-state index contributed by atoms with van der Waals surface area (Å²) < 4.78 is 7.39. The van der Waals surface area contributed by atoms with E-state index in [-0.39, 0.29) is 6.10 Å². The van der Waals surface area contributed by atoms with Gasteiger partial charge in [0.2, 0.25) is 0 Å². The molecule has 4 heteroatoms. The molecule has 0 bridgehead atoms. The number of hydrogen-bond acceptors (Lipinski definition) is 3. The second kappa shape index (κ2) is 5.69. The van der Waals surface area contributed by atoms with Crippen molar-refractivity contribution in [1.29, 1.82) is 0 Å². The molecule has 1 heterocycles. The zero-order chi connectivity index (χ0) is 13.0. The fourth-order valence-corrected chi connectivity index (χ4v) is 1.74. The van der Waals surface area contributed by atoms with Crippen LogP contribution in [0.4, 0.5) is 5.69 Å². The van der Waals surface area contributed by atoms with Crippen molar-refractivity contribution in [2.45, 2.75) is 26.5 Å². The third-order valence-corrected chi connectivity index (χ3v) is 2.62. The largest absolute Gasteiger partial charge is 0.399 e. The fraction of sp³-hybridized carbons (Fsp3) is 0.357. The van der Waals surface area contributed by atoms with E-state index in [1.807, 2.05) is 55.2 Å². The number of nitrogen functional groups attached to an aromatic ring is 1. The van der Waals surface area contributed by atoms with E-state index in [0.717, 1.165) is 23.4 Å². The van der Waals surface area contributed by atoms with Crippen LogP contribution in [0.3, 0.4) is 0 Å². The summed E-state index contributed by atoms with van der Waals surface area (Å²) in [4.78, 5) is 0. The van der Waals surface area contributed by atoms with Gasteiger partial charge in [0.15, 0.2) is 0 Å². The van der Waals surface area contributed by atoms with E-state index in [1.165, 1.54) is 0 Å². The number of aromatic nitrogens is 2. The lowest BCUT2D eigenvalue weighted by Gasteiger charge is -2.06. The highest BCUT2D eigenvalue weighted by molar-refractivity contribution is 5.65. The van der Waals surface area contributed by atoms with Gasteiger partial charge < -0.3 is 10.5 Å². The zero-order valence-corrected chi connectivity index (χ0v) is 10.8. The van der Waals surface area contributed by atoms with Gasteiger partial charge in [-0.3, -0.25) is 4.68 Å². The van der Waals surface area contributed by atoms with Gasteiger partial charge in [-0.15, -0.1) is 0 Å². The van der Waals surface area contributed by atoms with Gasteiger partial charge in [-0.1, -0.05) is 12.1 Å². The second-order valence-corrected chi connectivity index (χ2v) is 4.54. The molecule has 2 N–H and O–H groups in total. The molecule has 2 aromatic rings. The molecule has 96 valence electrons. The van der Waals surface area contributed by atoms with Crippen LogP contribution < -0.4 is 5.73 Å². The Morgan fingerprint density at radius 2 is 2.17 bits per heavy atom. The summed E-state index contributed by atoms with van der Waals surface area (Å²) in [6.07, 6.45) is 4.12. The van der Waals surface area contributed by atoms with Crippen LogP contribution in [-0.2, 0) is 11.3 Å². The molecule has 0 aliphatic carbocycles. The predicted octanol–water partition coefficient (Wildman–Crippen LogP) is 2.56. The Morgan fingerprint density at radius 1 is 1.33 bits per heavy atom. The maximum Gasteiger partial charge on any atom is 0.0666 e. The number of anilines is 1. The van der Waals surface area contributed by atoms with E-state index in [1.54, 1.807) is 0 Å². The molecule has 4 nitrogen and oxygen atoms in total. The maximum absolute atomic E-state index is 5.77. The molecule has 0 atom stereocenters. The van der Waals surface area contributed by atoms with Crippen LogP contribution in [0.5, 0.6) is 0 Å². The Morgan fingerprint density at radius 3 is 2.89 bits per heavy atom. The molecule has 0 saturated carbocycles. The maximum atomic E-state index is 5.77. The first-order chi connectivity index (χ1) is 8.65. The van der Waals surface area contributed by atoms with Crippen molar-refractivity contribution < 1.29 is 4.74 Å². The average molecular weight is 245 g/mol. The van der Waals surface area contributed by atoms with Gasteiger partial charge >= 0.3 is 0 Å². The van der Waals surface area contributed by atoms with Crippen LogP contribution >= 0.6 is 0 Å². The molecule has 0 aliphatic rings. The molecule has 0 spiro atoms. The van der Waals surface area contributed by atoms with E-state index < -0.39 is 0 Å². The Bertz CT molecular complexity index is 505. The van der Waals surface area contributed by atoms with Crippen LogP contribution in [0.1, 0.15) is 13.8 Å². The summed E-state index contributed by atoms with van der Waals surface area (Å²) in [5.41, 5.74) is 8.70. The average Bonchev–Trinajstić information content (AvgIpc) is 2.77. The number of hydrogen-bond donors (Lipinski definition) is 1. The highest BCUT2D eigenvalue weighted by Gasteiger charge is 2.02. The van der Waals surface area contributed by atoms with Crippen molar-refractivity contribution in [2.24, 2.45) is 0 Å². The SMILES string of the molecule is CC(C)OCCn1cc(-c2cccc(N)c2)cn1. The van der Waals surface area contributed by atoms with E-state index in [4.69, 9.17) is 10.5 Å². The van der Waals surface area contributed by atoms with Gasteiger partial charge in [0.05, 0.1) is 25.5 Å². The van der Waals surface area contributed by atoms with Crippen molar-refractivity contribution >= 4 is 5.69 Å². The summed E-state index contributed by atoms with van der Waals surface area (Å²) in [5, 5.41) is 4.31. The molecule has 0 aliphatic heterocycles. The Hall–Kier alpha value is -1.81. The molecule has 1 aromatic carbocycles. The lowest BCUT2D eigenvalue weighted by atomic mass is 10.1. The first kappa shape index (κ1) is 12.6. The van der Waals surface area contributed by atoms with Crippen molar-refractivity contribution in [2.75, 3.05) is 12.3 Å². The van der Waals surface area contributed by atoms with Crippen molar-refractivity contribution in [1.82, 2.24) is 9.78 Å². The lowest BCUT2D eigenvalue weighted by molar-refractivity contribution is 0.0710.